The molecule has 3 heteroatoms. The van der Waals surface area contributed by atoms with Crippen LogP contribution in [0.25, 0.3) is 10.4 Å². The number of nitrogens with zero attached hydrogens (tertiary/aromatic N) is 3. The van der Waals surface area contributed by atoms with Gasteiger partial charge in [0.15, 0.2) is 0 Å². The van der Waals surface area contributed by atoms with Crippen molar-refractivity contribution in [2.75, 3.05) is 6.54 Å². The molecule has 12 heavy (non-hydrogen) atoms. The first-order valence-corrected chi connectivity index (χ1v) is 3.88. The molecule has 0 aliphatic rings. The fraction of sp³-hybridized carbons (Fsp3) is 0.556. The number of rotatable bonds is 2. The van der Waals surface area contributed by atoms with Crippen LogP contribution in [0, 0.1) is 17.8 Å². The van der Waals surface area contributed by atoms with Crippen LogP contribution in [-0.4, -0.2) is 6.54 Å². The van der Waals surface area contributed by atoms with Gasteiger partial charge in [-0.25, -0.2) is 0 Å². The molecule has 0 saturated heterocycles. The summed E-state index contributed by atoms with van der Waals surface area (Å²) in [6.07, 6.45) is 1.87. The zero-order valence-electron chi connectivity index (χ0n) is 7.70. The highest BCUT2D eigenvalue weighted by Crippen LogP contribution is 1.95. The lowest BCUT2D eigenvalue weighted by Crippen LogP contribution is -1.85. The first-order valence-electron chi connectivity index (χ1n) is 3.88. The SMILES string of the molecule is C/C=C(\C#CC(C)C)CN=[N+]=[N-]. The molecule has 3 nitrogen and oxygen atoms in total. The Labute approximate surface area is 73.1 Å². The van der Waals surface area contributed by atoms with E-state index < -0.39 is 0 Å². The van der Waals surface area contributed by atoms with E-state index >= 15 is 0 Å². The van der Waals surface area contributed by atoms with E-state index in [0.717, 1.165) is 5.57 Å². The van der Waals surface area contributed by atoms with Crippen molar-refractivity contribution in [2.45, 2.75) is 20.8 Å². The molecule has 0 atom stereocenters. The molecule has 0 aliphatic heterocycles. The average molecular weight is 163 g/mol. The molecular formula is C9H13N3. The van der Waals surface area contributed by atoms with Crippen molar-refractivity contribution >= 4 is 0 Å². The van der Waals surface area contributed by atoms with Gasteiger partial charge in [-0.05, 0) is 12.5 Å². The lowest BCUT2D eigenvalue weighted by Gasteiger charge is -1.91. The van der Waals surface area contributed by atoms with Gasteiger partial charge in [-0.15, -0.1) is 0 Å². The monoisotopic (exact) mass is 163 g/mol. The minimum atomic E-state index is 0.353. The number of hydrogen-bond donors (Lipinski definition) is 0. The van der Waals surface area contributed by atoms with E-state index in [4.69, 9.17) is 5.53 Å². The maximum atomic E-state index is 8.07. The van der Waals surface area contributed by atoms with Gasteiger partial charge in [0, 0.05) is 16.4 Å². The molecule has 0 saturated carbocycles. The topological polar surface area (TPSA) is 48.8 Å². The Morgan fingerprint density at radius 3 is 2.75 bits per heavy atom. The summed E-state index contributed by atoms with van der Waals surface area (Å²) in [5.41, 5.74) is 8.95. The van der Waals surface area contributed by atoms with E-state index in [1.54, 1.807) is 0 Å². The standard InChI is InChI=1S/C9H13N3/c1-4-9(7-11-12-10)6-5-8(2)3/h4,8H,7H2,1-3H3/b9-4+. The number of hydrogen-bond acceptors (Lipinski definition) is 1. The van der Waals surface area contributed by atoms with Crippen LogP contribution < -0.4 is 0 Å². The molecule has 0 aromatic carbocycles. The summed E-state index contributed by atoms with van der Waals surface area (Å²) in [5.74, 6) is 6.31. The highest BCUT2D eigenvalue weighted by molar-refractivity contribution is 5.29. The second-order valence-electron chi connectivity index (χ2n) is 2.63. The molecule has 0 rings (SSSR count). The van der Waals surface area contributed by atoms with E-state index in [2.05, 4.69) is 21.9 Å². The molecule has 0 amide bonds. The summed E-state index contributed by atoms with van der Waals surface area (Å²) < 4.78 is 0. The molecule has 0 radical (unpaired) electrons. The number of azide groups is 1. The van der Waals surface area contributed by atoms with Crippen LogP contribution in [0.2, 0.25) is 0 Å². The minimum Gasteiger partial charge on any atom is -0.0954 e. The van der Waals surface area contributed by atoms with Crippen LogP contribution in [0.15, 0.2) is 16.8 Å². The Morgan fingerprint density at radius 2 is 2.33 bits per heavy atom. The molecule has 0 bridgehead atoms. The van der Waals surface area contributed by atoms with E-state index in [1.807, 2.05) is 26.8 Å². The first-order chi connectivity index (χ1) is 5.70. The average Bonchev–Trinajstić information content (AvgIpc) is 2.05. The van der Waals surface area contributed by atoms with Crippen LogP contribution in [0.4, 0.5) is 0 Å². The van der Waals surface area contributed by atoms with Crippen LogP contribution in [0.5, 0.6) is 0 Å². The molecule has 0 fully saturated rings. The second-order valence-corrected chi connectivity index (χ2v) is 2.63. The fourth-order valence-electron chi connectivity index (χ4n) is 0.548. The zero-order valence-corrected chi connectivity index (χ0v) is 7.70. The zero-order chi connectivity index (χ0) is 9.40. The normalized spacial score (nSPS) is 10.2. The van der Waals surface area contributed by atoms with Crippen LogP contribution in [-0.2, 0) is 0 Å². The van der Waals surface area contributed by atoms with Crippen LogP contribution >= 0.6 is 0 Å². The third-order valence-corrected chi connectivity index (χ3v) is 1.17. The van der Waals surface area contributed by atoms with Gasteiger partial charge in [0.2, 0.25) is 0 Å². The predicted octanol–water partition coefficient (Wildman–Crippen LogP) is 2.90. The highest BCUT2D eigenvalue weighted by atomic mass is 15.1. The fourth-order valence-corrected chi connectivity index (χ4v) is 0.548. The van der Waals surface area contributed by atoms with Gasteiger partial charge in [0.1, 0.15) is 0 Å². The van der Waals surface area contributed by atoms with Gasteiger partial charge in [0.05, 0.1) is 6.54 Å². The van der Waals surface area contributed by atoms with Gasteiger partial charge in [-0.1, -0.05) is 36.9 Å². The molecule has 0 aromatic rings. The van der Waals surface area contributed by atoms with Gasteiger partial charge in [-0.3, -0.25) is 0 Å². The van der Waals surface area contributed by atoms with Crippen LogP contribution in [0.1, 0.15) is 20.8 Å². The summed E-state index contributed by atoms with van der Waals surface area (Å²) in [5, 5.41) is 3.43. The van der Waals surface area contributed by atoms with Crippen molar-refractivity contribution in [3.8, 4) is 11.8 Å². The molecular weight excluding hydrogens is 150 g/mol. The summed E-state index contributed by atoms with van der Waals surface area (Å²) in [6.45, 7) is 6.28. The van der Waals surface area contributed by atoms with Crippen molar-refractivity contribution in [2.24, 2.45) is 11.0 Å². The smallest absolute Gasteiger partial charge is 0.0587 e. The molecule has 0 aromatic heterocycles. The van der Waals surface area contributed by atoms with E-state index in [-0.39, 0.29) is 0 Å². The van der Waals surface area contributed by atoms with Crippen molar-refractivity contribution in [3.05, 3.63) is 22.1 Å². The van der Waals surface area contributed by atoms with Gasteiger partial charge >= 0.3 is 0 Å². The highest BCUT2D eigenvalue weighted by Gasteiger charge is 1.87. The summed E-state index contributed by atoms with van der Waals surface area (Å²) in [7, 11) is 0. The lowest BCUT2D eigenvalue weighted by molar-refractivity contribution is 0.866. The summed E-state index contributed by atoms with van der Waals surface area (Å²) >= 11 is 0. The van der Waals surface area contributed by atoms with Gasteiger partial charge in [-0.2, -0.15) is 0 Å². The van der Waals surface area contributed by atoms with Crippen molar-refractivity contribution in [1.29, 1.82) is 0 Å². The molecule has 64 valence electrons. The predicted molar refractivity (Wildman–Crippen MR) is 50.4 cm³/mol. The summed E-state index contributed by atoms with van der Waals surface area (Å²) in [6, 6.07) is 0. The molecule has 0 heterocycles. The maximum Gasteiger partial charge on any atom is 0.0587 e. The molecule has 0 aliphatic carbocycles. The Hall–Kier alpha value is -1.39. The summed E-state index contributed by atoms with van der Waals surface area (Å²) in [4.78, 5) is 2.67. The Morgan fingerprint density at radius 1 is 1.67 bits per heavy atom. The third-order valence-electron chi connectivity index (χ3n) is 1.17. The van der Waals surface area contributed by atoms with Gasteiger partial charge < -0.3 is 0 Å². The van der Waals surface area contributed by atoms with E-state index in [0.29, 0.717) is 12.5 Å². The maximum absolute atomic E-state index is 8.07. The molecule has 0 unspecified atom stereocenters. The van der Waals surface area contributed by atoms with Crippen LogP contribution in [0.3, 0.4) is 0 Å². The molecule has 0 N–H and O–H groups in total. The Balaban J connectivity index is 4.22. The number of allylic oxidation sites excluding steroid dienone is 1. The quantitative estimate of drug-likeness (QED) is 0.260. The van der Waals surface area contributed by atoms with Crippen molar-refractivity contribution < 1.29 is 0 Å². The third kappa shape index (κ3) is 5.40. The first kappa shape index (κ1) is 10.6. The van der Waals surface area contributed by atoms with Crippen molar-refractivity contribution in [3.63, 3.8) is 0 Å². The van der Waals surface area contributed by atoms with E-state index in [1.165, 1.54) is 0 Å². The van der Waals surface area contributed by atoms with Gasteiger partial charge in [0.25, 0.3) is 0 Å². The van der Waals surface area contributed by atoms with Crippen molar-refractivity contribution in [1.82, 2.24) is 0 Å². The lowest BCUT2D eigenvalue weighted by atomic mass is 10.2. The van der Waals surface area contributed by atoms with E-state index in [9.17, 15) is 0 Å². The Bertz CT molecular complexity index is 259. The molecule has 0 spiro atoms. The minimum absolute atomic E-state index is 0.353. The second kappa shape index (κ2) is 6.33. The largest absolute Gasteiger partial charge is 0.0954 e. The Kier molecular flexibility index (Phi) is 5.60.